The molecule has 0 heterocycles. The molecule has 7 N–H and O–H groups in total. The Hall–Kier alpha value is -2.79. The second kappa shape index (κ2) is 12.8. The number of thioether (sulfide) groups is 1. The van der Waals surface area contributed by atoms with Gasteiger partial charge in [0, 0.05) is 6.42 Å². The summed E-state index contributed by atoms with van der Waals surface area (Å²) in [6.07, 6.45) is 2.22. The number of carbonyl (C=O) groups is 4. The average molecular weight is 455 g/mol. The minimum absolute atomic E-state index is 0.0609. The molecule has 0 aromatic heterocycles. The summed E-state index contributed by atoms with van der Waals surface area (Å²) in [6.45, 7) is 2.80. The molecule has 0 saturated carbocycles. The van der Waals surface area contributed by atoms with Crippen LogP contribution in [0.5, 0.6) is 5.75 Å². The van der Waals surface area contributed by atoms with E-state index in [1.54, 1.807) is 12.1 Å². The molecule has 3 amide bonds. The molecule has 10 nitrogen and oxygen atoms in total. The molecule has 0 aliphatic carbocycles. The molecule has 0 bridgehead atoms. The number of phenols is 1. The highest BCUT2D eigenvalue weighted by molar-refractivity contribution is 7.98. The number of nitrogens with one attached hydrogen (secondary N) is 3. The van der Waals surface area contributed by atoms with Crippen LogP contribution in [0.1, 0.15) is 25.8 Å². The van der Waals surface area contributed by atoms with E-state index in [-0.39, 0.29) is 18.6 Å². The van der Waals surface area contributed by atoms with E-state index in [1.807, 2.05) is 6.26 Å². The maximum atomic E-state index is 13.0. The van der Waals surface area contributed by atoms with Crippen molar-refractivity contribution in [2.24, 2.45) is 5.73 Å². The van der Waals surface area contributed by atoms with Crippen LogP contribution in [-0.4, -0.2) is 70.1 Å². The van der Waals surface area contributed by atoms with E-state index >= 15 is 0 Å². The Kier molecular flexibility index (Phi) is 10.8. The number of rotatable bonds is 12. The Morgan fingerprint density at radius 1 is 0.968 bits per heavy atom. The van der Waals surface area contributed by atoms with E-state index in [9.17, 15) is 24.3 Å². The van der Waals surface area contributed by atoms with Crippen molar-refractivity contribution in [3.63, 3.8) is 0 Å². The van der Waals surface area contributed by atoms with Gasteiger partial charge in [-0.05, 0) is 50.0 Å². The lowest BCUT2D eigenvalue weighted by atomic mass is 10.0. The van der Waals surface area contributed by atoms with Gasteiger partial charge < -0.3 is 31.9 Å². The van der Waals surface area contributed by atoms with Crippen molar-refractivity contribution in [1.29, 1.82) is 0 Å². The highest BCUT2D eigenvalue weighted by atomic mass is 32.2. The van der Waals surface area contributed by atoms with Crippen LogP contribution in [0.3, 0.4) is 0 Å². The molecule has 0 spiro atoms. The van der Waals surface area contributed by atoms with Gasteiger partial charge in [0.15, 0.2) is 0 Å². The van der Waals surface area contributed by atoms with Gasteiger partial charge in [-0.1, -0.05) is 12.1 Å². The number of benzene rings is 1. The molecule has 1 aromatic rings. The van der Waals surface area contributed by atoms with Gasteiger partial charge in [0.2, 0.25) is 17.7 Å². The molecular weight excluding hydrogens is 424 g/mol. The SMILES string of the molecule is CSCCC(NC(=O)C(Cc1ccc(O)cc1)NC(=O)C(C)N)C(=O)NC(C)C(=O)O. The van der Waals surface area contributed by atoms with Gasteiger partial charge in [0.25, 0.3) is 0 Å². The fraction of sp³-hybridized carbons (Fsp3) is 0.500. The standard InChI is InChI=1S/C20H30N4O6S/c1-11(21)17(26)24-16(10-13-4-6-14(25)7-5-13)19(28)23-15(8-9-31-3)18(27)22-12(2)20(29)30/h4-7,11-12,15-16,25H,8-10,21H2,1-3H3,(H,22,27)(H,23,28)(H,24,26)(H,29,30). The summed E-state index contributed by atoms with van der Waals surface area (Å²) in [5.74, 6) is -2.35. The lowest BCUT2D eigenvalue weighted by molar-refractivity contribution is -0.141. The number of carbonyl (C=O) groups excluding carboxylic acids is 3. The van der Waals surface area contributed by atoms with Crippen molar-refractivity contribution in [2.45, 2.75) is 50.9 Å². The van der Waals surface area contributed by atoms with Crippen LogP contribution in [0.2, 0.25) is 0 Å². The molecule has 31 heavy (non-hydrogen) atoms. The van der Waals surface area contributed by atoms with Gasteiger partial charge in [-0.3, -0.25) is 19.2 Å². The Labute approximate surface area is 185 Å². The fourth-order valence-electron chi connectivity index (χ4n) is 2.53. The topological polar surface area (TPSA) is 171 Å². The quantitative estimate of drug-likeness (QED) is 0.247. The number of amides is 3. The Morgan fingerprint density at radius 3 is 2.03 bits per heavy atom. The van der Waals surface area contributed by atoms with Gasteiger partial charge in [-0.25, -0.2) is 0 Å². The minimum atomic E-state index is -1.20. The maximum absolute atomic E-state index is 13.0. The van der Waals surface area contributed by atoms with Crippen LogP contribution in [0.15, 0.2) is 24.3 Å². The summed E-state index contributed by atoms with van der Waals surface area (Å²) in [5.41, 5.74) is 6.27. The molecule has 0 fully saturated rings. The lowest BCUT2D eigenvalue weighted by Gasteiger charge is -2.24. The third-order valence-corrected chi connectivity index (χ3v) is 5.04. The summed E-state index contributed by atoms with van der Waals surface area (Å²) in [4.78, 5) is 48.6. The number of nitrogens with two attached hydrogens (primary N) is 1. The third-order valence-electron chi connectivity index (χ3n) is 4.40. The Balaban J connectivity index is 3.00. The summed E-state index contributed by atoms with van der Waals surface area (Å²) < 4.78 is 0. The first-order valence-corrected chi connectivity index (χ1v) is 11.1. The molecular formula is C20H30N4O6S. The van der Waals surface area contributed by atoms with E-state index in [4.69, 9.17) is 10.8 Å². The van der Waals surface area contributed by atoms with Crippen molar-refractivity contribution in [3.8, 4) is 5.75 Å². The monoisotopic (exact) mass is 454 g/mol. The summed E-state index contributed by atoms with van der Waals surface area (Å²) in [7, 11) is 0. The predicted octanol–water partition coefficient (Wildman–Crippen LogP) is -0.406. The lowest BCUT2D eigenvalue weighted by Crippen LogP contribution is -2.57. The van der Waals surface area contributed by atoms with Crippen LogP contribution in [-0.2, 0) is 25.6 Å². The molecule has 0 radical (unpaired) electrons. The van der Waals surface area contributed by atoms with Crippen LogP contribution in [0, 0.1) is 0 Å². The summed E-state index contributed by atoms with van der Waals surface area (Å²) >= 11 is 1.47. The van der Waals surface area contributed by atoms with Gasteiger partial charge in [0.05, 0.1) is 6.04 Å². The number of carboxylic acid groups (broad SMARTS) is 1. The van der Waals surface area contributed by atoms with Gasteiger partial charge in [-0.2, -0.15) is 11.8 Å². The van der Waals surface area contributed by atoms with Crippen LogP contribution in [0.4, 0.5) is 0 Å². The molecule has 11 heteroatoms. The van der Waals surface area contributed by atoms with Gasteiger partial charge in [-0.15, -0.1) is 0 Å². The maximum Gasteiger partial charge on any atom is 0.325 e. The molecule has 0 saturated heterocycles. The number of phenolic OH excluding ortho intramolecular Hbond substituents is 1. The molecule has 0 aliphatic rings. The predicted molar refractivity (Wildman–Crippen MR) is 118 cm³/mol. The van der Waals surface area contributed by atoms with Gasteiger partial charge >= 0.3 is 5.97 Å². The smallest absolute Gasteiger partial charge is 0.325 e. The van der Waals surface area contributed by atoms with E-state index in [2.05, 4.69) is 16.0 Å². The number of aromatic hydroxyl groups is 1. The van der Waals surface area contributed by atoms with Crippen LogP contribution < -0.4 is 21.7 Å². The number of hydrogen-bond acceptors (Lipinski definition) is 7. The Bertz CT molecular complexity index is 771. The van der Waals surface area contributed by atoms with Crippen molar-refractivity contribution in [3.05, 3.63) is 29.8 Å². The van der Waals surface area contributed by atoms with Gasteiger partial charge in [0.1, 0.15) is 23.9 Å². The molecule has 4 atom stereocenters. The van der Waals surface area contributed by atoms with E-state index in [0.717, 1.165) is 0 Å². The first-order valence-electron chi connectivity index (χ1n) is 9.71. The zero-order chi connectivity index (χ0) is 23.6. The molecule has 1 aromatic carbocycles. The van der Waals surface area contributed by atoms with Crippen molar-refractivity contribution >= 4 is 35.5 Å². The molecule has 1 rings (SSSR count). The van der Waals surface area contributed by atoms with E-state index < -0.39 is 47.9 Å². The van der Waals surface area contributed by atoms with Crippen molar-refractivity contribution in [1.82, 2.24) is 16.0 Å². The largest absolute Gasteiger partial charge is 0.508 e. The Morgan fingerprint density at radius 2 is 1.52 bits per heavy atom. The number of carboxylic acids is 1. The zero-order valence-electron chi connectivity index (χ0n) is 17.8. The van der Waals surface area contributed by atoms with Crippen LogP contribution in [0.25, 0.3) is 0 Å². The van der Waals surface area contributed by atoms with Crippen molar-refractivity contribution < 1.29 is 29.4 Å². The fourth-order valence-corrected chi connectivity index (χ4v) is 3.00. The normalized spacial score (nSPS) is 14.6. The summed E-state index contributed by atoms with van der Waals surface area (Å²) in [5, 5.41) is 26.0. The first kappa shape index (κ1) is 26.2. The third kappa shape index (κ3) is 9.26. The summed E-state index contributed by atoms with van der Waals surface area (Å²) in [6, 6.07) is 2.18. The average Bonchev–Trinajstić information content (AvgIpc) is 2.71. The number of hydrogen-bond donors (Lipinski definition) is 6. The van der Waals surface area contributed by atoms with E-state index in [1.165, 1.54) is 37.7 Å². The van der Waals surface area contributed by atoms with Crippen LogP contribution >= 0.6 is 11.8 Å². The molecule has 0 aliphatic heterocycles. The first-order chi connectivity index (χ1) is 14.5. The van der Waals surface area contributed by atoms with E-state index in [0.29, 0.717) is 11.3 Å². The zero-order valence-corrected chi connectivity index (χ0v) is 18.6. The second-order valence-electron chi connectivity index (χ2n) is 7.13. The molecule has 4 unspecified atom stereocenters. The highest BCUT2D eigenvalue weighted by Crippen LogP contribution is 2.12. The minimum Gasteiger partial charge on any atom is -0.508 e. The highest BCUT2D eigenvalue weighted by Gasteiger charge is 2.28. The number of aliphatic carboxylic acids is 1. The van der Waals surface area contributed by atoms with Crippen molar-refractivity contribution in [2.75, 3.05) is 12.0 Å². The molecule has 172 valence electrons. The second-order valence-corrected chi connectivity index (χ2v) is 8.12.